The van der Waals surface area contributed by atoms with Gasteiger partial charge in [0.15, 0.2) is 0 Å². The van der Waals surface area contributed by atoms with Crippen LogP contribution in [-0.4, -0.2) is 17.1 Å². The summed E-state index contributed by atoms with van der Waals surface area (Å²) < 4.78 is 0. The lowest BCUT2D eigenvalue weighted by molar-refractivity contribution is 0.250. The summed E-state index contributed by atoms with van der Waals surface area (Å²) in [6, 6.07) is 6.23. The molecule has 6 heteroatoms. The molecule has 2 amide bonds. The van der Waals surface area contributed by atoms with Crippen molar-refractivity contribution in [3.63, 3.8) is 0 Å². The van der Waals surface area contributed by atoms with E-state index in [0.29, 0.717) is 15.7 Å². The maximum atomic E-state index is 11.7. The molecule has 0 spiro atoms. The highest BCUT2D eigenvalue weighted by Crippen LogP contribution is 2.13. The maximum absolute atomic E-state index is 11.7. The standard InChI is InChI=1S/C12H16ClN3OS/c1-2-3-10(11(14)18)16-12(17)15-9-6-4-8(13)5-7-9/h4-7,10H,2-3H2,1H3,(H2,14,18)(H2,15,16,17). The molecule has 0 aromatic heterocycles. The van der Waals surface area contributed by atoms with Gasteiger partial charge in [0.05, 0.1) is 11.0 Å². The van der Waals surface area contributed by atoms with Crippen LogP contribution in [0, 0.1) is 0 Å². The second kappa shape index (κ2) is 7.18. The summed E-state index contributed by atoms with van der Waals surface area (Å²) in [5.41, 5.74) is 6.22. The first kappa shape index (κ1) is 14.7. The third-order valence-electron chi connectivity index (χ3n) is 2.33. The van der Waals surface area contributed by atoms with Gasteiger partial charge in [0, 0.05) is 10.7 Å². The van der Waals surface area contributed by atoms with Crippen LogP contribution in [0.1, 0.15) is 19.8 Å². The number of hydrogen-bond acceptors (Lipinski definition) is 2. The van der Waals surface area contributed by atoms with Crippen molar-refractivity contribution in [2.24, 2.45) is 5.73 Å². The molecule has 0 aliphatic rings. The van der Waals surface area contributed by atoms with E-state index in [1.165, 1.54) is 0 Å². The van der Waals surface area contributed by atoms with Gasteiger partial charge in [-0.1, -0.05) is 37.2 Å². The van der Waals surface area contributed by atoms with Gasteiger partial charge in [-0.15, -0.1) is 0 Å². The minimum atomic E-state index is -0.330. The molecule has 1 atom stereocenters. The van der Waals surface area contributed by atoms with Gasteiger partial charge in [-0.3, -0.25) is 0 Å². The molecule has 1 rings (SSSR count). The number of anilines is 1. The maximum Gasteiger partial charge on any atom is 0.319 e. The summed E-state index contributed by atoms with van der Waals surface area (Å²) in [4.78, 5) is 12.0. The number of nitrogens with one attached hydrogen (secondary N) is 2. The predicted octanol–water partition coefficient (Wildman–Crippen LogP) is 2.92. The summed E-state index contributed by atoms with van der Waals surface area (Å²) in [5.74, 6) is 0. The first-order chi connectivity index (χ1) is 8.52. The smallest absolute Gasteiger partial charge is 0.319 e. The number of amides is 2. The molecule has 0 aliphatic carbocycles. The Bertz CT molecular complexity index is 422. The number of benzene rings is 1. The van der Waals surface area contributed by atoms with Gasteiger partial charge in [-0.2, -0.15) is 0 Å². The lowest BCUT2D eigenvalue weighted by Gasteiger charge is -2.17. The van der Waals surface area contributed by atoms with E-state index in [1.54, 1.807) is 24.3 Å². The number of thiocarbonyl (C=S) groups is 1. The summed E-state index contributed by atoms with van der Waals surface area (Å²) in [6.45, 7) is 2.00. The van der Waals surface area contributed by atoms with E-state index in [9.17, 15) is 4.79 Å². The van der Waals surface area contributed by atoms with E-state index in [-0.39, 0.29) is 12.1 Å². The van der Waals surface area contributed by atoms with Crippen LogP contribution in [0.25, 0.3) is 0 Å². The molecule has 98 valence electrons. The van der Waals surface area contributed by atoms with Crippen LogP contribution in [0.3, 0.4) is 0 Å². The minimum absolute atomic E-state index is 0.280. The highest BCUT2D eigenvalue weighted by molar-refractivity contribution is 7.80. The molecule has 0 bridgehead atoms. The monoisotopic (exact) mass is 285 g/mol. The third kappa shape index (κ3) is 4.89. The van der Waals surface area contributed by atoms with Crippen molar-refractivity contribution in [1.29, 1.82) is 0 Å². The van der Waals surface area contributed by atoms with Crippen LogP contribution >= 0.6 is 23.8 Å². The largest absolute Gasteiger partial charge is 0.392 e. The van der Waals surface area contributed by atoms with Crippen molar-refractivity contribution in [2.75, 3.05) is 5.32 Å². The Hall–Kier alpha value is -1.33. The Kier molecular flexibility index (Phi) is 5.88. The fourth-order valence-corrected chi connectivity index (χ4v) is 1.74. The quantitative estimate of drug-likeness (QED) is 0.729. The second-order valence-corrected chi connectivity index (χ2v) is 4.76. The molecule has 18 heavy (non-hydrogen) atoms. The summed E-state index contributed by atoms with van der Waals surface area (Å²) in [7, 11) is 0. The van der Waals surface area contributed by atoms with Crippen LogP contribution in [0.2, 0.25) is 5.02 Å². The van der Waals surface area contributed by atoms with Crippen LogP contribution in [0.15, 0.2) is 24.3 Å². The highest BCUT2D eigenvalue weighted by atomic mass is 35.5. The molecule has 0 fully saturated rings. The topological polar surface area (TPSA) is 67.2 Å². The third-order valence-corrected chi connectivity index (χ3v) is 2.86. The first-order valence-corrected chi connectivity index (χ1v) is 6.44. The predicted molar refractivity (Wildman–Crippen MR) is 79.1 cm³/mol. The fourth-order valence-electron chi connectivity index (χ4n) is 1.43. The zero-order valence-electron chi connectivity index (χ0n) is 10.1. The van der Waals surface area contributed by atoms with Crippen LogP contribution in [-0.2, 0) is 0 Å². The van der Waals surface area contributed by atoms with Gasteiger partial charge >= 0.3 is 6.03 Å². The van der Waals surface area contributed by atoms with E-state index in [1.807, 2.05) is 6.92 Å². The van der Waals surface area contributed by atoms with E-state index in [4.69, 9.17) is 29.6 Å². The van der Waals surface area contributed by atoms with Crippen molar-refractivity contribution in [2.45, 2.75) is 25.8 Å². The number of halogens is 1. The van der Waals surface area contributed by atoms with Crippen molar-refractivity contribution in [1.82, 2.24) is 5.32 Å². The molecule has 4 N–H and O–H groups in total. The zero-order valence-corrected chi connectivity index (χ0v) is 11.6. The van der Waals surface area contributed by atoms with E-state index >= 15 is 0 Å². The van der Waals surface area contributed by atoms with E-state index < -0.39 is 0 Å². The van der Waals surface area contributed by atoms with Crippen molar-refractivity contribution >= 4 is 40.5 Å². The van der Waals surface area contributed by atoms with Crippen molar-refractivity contribution in [3.05, 3.63) is 29.3 Å². The Morgan fingerprint density at radius 1 is 1.44 bits per heavy atom. The van der Waals surface area contributed by atoms with Crippen LogP contribution in [0.5, 0.6) is 0 Å². The Labute approximate surface area is 117 Å². The summed E-state index contributed by atoms with van der Waals surface area (Å²) >= 11 is 10.7. The zero-order chi connectivity index (χ0) is 13.5. The average molecular weight is 286 g/mol. The number of urea groups is 1. The van der Waals surface area contributed by atoms with Gasteiger partial charge in [0.1, 0.15) is 0 Å². The lowest BCUT2D eigenvalue weighted by Crippen LogP contribution is -2.45. The van der Waals surface area contributed by atoms with Crippen LogP contribution < -0.4 is 16.4 Å². The molecule has 1 aromatic rings. The van der Waals surface area contributed by atoms with E-state index in [0.717, 1.165) is 12.8 Å². The Morgan fingerprint density at radius 3 is 2.56 bits per heavy atom. The molecule has 0 radical (unpaired) electrons. The molecule has 1 aromatic carbocycles. The number of nitrogens with two attached hydrogens (primary N) is 1. The summed E-state index contributed by atoms with van der Waals surface area (Å²) in [6.07, 6.45) is 1.62. The molecular weight excluding hydrogens is 270 g/mol. The molecular formula is C12H16ClN3OS. The number of carbonyl (C=O) groups is 1. The van der Waals surface area contributed by atoms with E-state index in [2.05, 4.69) is 10.6 Å². The minimum Gasteiger partial charge on any atom is -0.392 e. The van der Waals surface area contributed by atoms with Crippen molar-refractivity contribution < 1.29 is 4.79 Å². The van der Waals surface area contributed by atoms with Gasteiger partial charge in [0.25, 0.3) is 0 Å². The summed E-state index contributed by atoms with van der Waals surface area (Å²) in [5, 5.41) is 6.04. The van der Waals surface area contributed by atoms with Gasteiger partial charge < -0.3 is 16.4 Å². The SMILES string of the molecule is CCCC(NC(=O)Nc1ccc(Cl)cc1)C(N)=S. The second-order valence-electron chi connectivity index (χ2n) is 3.85. The van der Waals surface area contributed by atoms with Crippen molar-refractivity contribution in [3.8, 4) is 0 Å². The number of carbonyl (C=O) groups excluding carboxylic acids is 1. The Morgan fingerprint density at radius 2 is 2.06 bits per heavy atom. The molecule has 0 saturated heterocycles. The fraction of sp³-hybridized carbons (Fsp3) is 0.333. The number of hydrogen-bond donors (Lipinski definition) is 3. The molecule has 0 heterocycles. The molecule has 4 nitrogen and oxygen atoms in total. The van der Waals surface area contributed by atoms with Gasteiger partial charge in [-0.25, -0.2) is 4.79 Å². The molecule has 0 aliphatic heterocycles. The molecule has 0 saturated carbocycles. The van der Waals surface area contributed by atoms with Crippen LogP contribution in [0.4, 0.5) is 10.5 Å². The first-order valence-electron chi connectivity index (χ1n) is 5.65. The number of rotatable bonds is 5. The molecule has 1 unspecified atom stereocenters. The van der Waals surface area contributed by atoms with Gasteiger partial charge in [0.2, 0.25) is 0 Å². The average Bonchev–Trinajstić information content (AvgIpc) is 2.31. The Balaban J connectivity index is 2.54. The van der Waals surface area contributed by atoms with Gasteiger partial charge in [-0.05, 0) is 30.7 Å². The highest BCUT2D eigenvalue weighted by Gasteiger charge is 2.13. The normalized spacial score (nSPS) is 11.7. The lowest BCUT2D eigenvalue weighted by atomic mass is 10.2.